The third-order valence-electron chi connectivity index (χ3n) is 6.68. The molecule has 5 rings (SSSR count). The van der Waals surface area contributed by atoms with Crippen LogP contribution in [0, 0.1) is 6.92 Å². The molecule has 2 amide bonds. The molecule has 0 saturated carbocycles. The highest BCUT2D eigenvalue weighted by Gasteiger charge is 2.27. The van der Waals surface area contributed by atoms with Crippen molar-refractivity contribution in [3.05, 3.63) is 95.4 Å². The van der Waals surface area contributed by atoms with Gasteiger partial charge in [-0.1, -0.05) is 42.5 Å². The second-order valence-corrected chi connectivity index (χ2v) is 9.04. The Kier molecular flexibility index (Phi) is 6.33. The zero-order chi connectivity index (χ0) is 24.4. The number of fused-ring (bicyclic) bond motifs is 2. The molecule has 1 aliphatic rings. The van der Waals surface area contributed by atoms with E-state index in [0.717, 1.165) is 41.8 Å². The van der Waals surface area contributed by atoms with Crippen LogP contribution >= 0.6 is 0 Å². The molecule has 1 atom stereocenters. The summed E-state index contributed by atoms with van der Waals surface area (Å²) in [7, 11) is 2.01. The summed E-state index contributed by atoms with van der Waals surface area (Å²) in [5.41, 5.74) is 5.91. The molecule has 4 aromatic rings. The standard InChI is InChI=1S/C28H29N5O2/c1-19-16-24(22-10-5-6-11-23(22)30-19)31-28(35)27(34)29-17-26(25-12-7-14-32(25)2)33-15-13-20-8-3-4-9-21(20)18-33/h3-12,14,16,26H,13,15,17-18H2,1-2H3,(H,29,34)(H,30,31,35). The Labute approximate surface area is 204 Å². The van der Waals surface area contributed by atoms with Gasteiger partial charge in [0, 0.05) is 49.7 Å². The number of para-hydroxylation sites is 1. The lowest BCUT2D eigenvalue weighted by Gasteiger charge is -2.36. The van der Waals surface area contributed by atoms with Crippen molar-refractivity contribution in [1.29, 1.82) is 0 Å². The number of nitrogens with zero attached hydrogens (tertiary/aromatic N) is 3. The van der Waals surface area contributed by atoms with E-state index in [-0.39, 0.29) is 6.04 Å². The van der Waals surface area contributed by atoms with E-state index in [4.69, 9.17) is 0 Å². The molecule has 2 aromatic carbocycles. The number of hydrogen-bond acceptors (Lipinski definition) is 4. The van der Waals surface area contributed by atoms with Crippen molar-refractivity contribution in [3.8, 4) is 0 Å². The first-order valence-corrected chi connectivity index (χ1v) is 11.9. The van der Waals surface area contributed by atoms with Crippen LogP contribution in [0.15, 0.2) is 72.9 Å². The molecule has 3 heterocycles. The quantitative estimate of drug-likeness (QED) is 0.439. The van der Waals surface area contributed by atoms with Gasteiger partial charge in [-0.2, -0.15) is 0 Å². The van der Waals surface area contributed by atoms with Crippen LogP contribution in [0.4, 0.5) is 5.69 Å². The van der Waals surface area contributed by atoms with E-state index in [1.54, 1.807) is 6.07 Å². The summed E-state index contributed by atoms with van der Waals surface area (Å²) >= 11 is 0. The number of nitrogens with one attached hydrogen (secondary N) is 2. The van der Waals surface area contributed by atoms with Gasteiger partial charge in [0.1, 0.15) is 0 Å². The van der Waals surface area contributed by atoms with Crippen LogP contribution in [-0.2, 0) is 29.6 Å². The Balaban J connectivity index is 1.31. The number of amides is 2. The number of anilines is 1. The van der Waals surface area contributed by atoms with Crippen molar-refractivity contribution < 1.29 is 9.59 Å². The van der Waals surface area contributed by atoms with Crippen molar-refractivity contribution in [3.63, 3.8) is 0 Å². The average molecular weight is 468 g/mol. The molecule has 0 aliphatic carbocycles. The highest BCUT2D eigenvalue weighted by Crippen LogP contribution is 2.28. The van der Waals surface area contributed by atoms with Crippen molar-refractivity contribution in [2.45, 2.75) is 25.9 Å². The van der Waals surface area contributed by atoms with Crippen LogP contribution in [0.3, 0.4) is 0 Å². The van der Waals surface area contributed by atoms with Gasteiger partial charge < -0.3 is 15.2 Å². The van der Waals surface area contributed by atoms with E-state index in [1.165, 1.54) is 11.1 Å². The SMILES string of the molecule is Cc1cc(NC(=O)C(=O)NCC(c2cccn2C)N2CCc3ccccc3C2)c2ccccc2n1. The Hall–Kier alpha value is -3.97. The second-order valence-electron chi connectivity index (χ2n) is 9.04. The maximum absolute atomic E-state index is 12.8. The fourth-order valence-corrected chi connectivity index (χ4v) is 4.88. The minimum absolute atomic E-state index is 0.0518. The molecule has 0 spiro atoms. The van der Waals surface area contributed by atoms with Gasteiger partial charge in [-0.05, 0) is 48.7 Å². The van der Waals surface area contributed by atoms with Crippen LogP contribution in [0.25, 0.3) is 10.9 Å². The van der Waals surface area contributed by atoms with Crippen molar-refractivity contribution >= 4 is 28.4 Å². The molecule has 178 valence electrons. The average Bonchev–Trinajstić information content (AvgIpc) is 3.29. The lowest BCUT2D eigenvalue weighted by Crippen LogP contribution is -2.44. The molecule has 1 unspecified atom stereocenters. The first-order valence-electron chi connectivity index (χ1n) is 11.9. The zero-order valence-electron chi connectivity index (χ0n) is 20.0. The predicted molar refractivity (Wildman–Crippen MR) is 137 cm³/mol. The zero-order valence-corrected chi connectivity index (χ0v) is 20.0. The minimum Gasteiger partial charge on any atom is -0.353 e. The lowest BCUT2D eigenvalue weighted by atomic mass is 9.98. The number of carbonyl (C=O) groups is 2. The molecule has 0 bridgehead atoms. The van der Waals surface area contributed by atoms with Crippen LogP contribution in [0.2, 0.25) is 0 Å². The van der Waals surface area contributed by atoms with Crippen LogP contribution in [-0.4, -0.2) is 39.4 Å². The van der Waals surface area contributed by atoms with Gasteiger partial charge in [-0.25, -0.2) is 0 Å². The van der Waals surface area contributed by atoms with E-state index in [0.29, 0.717) is 12.2 Å². The maximum atomic E-state index is 12.8. The molecule has 1 aliphatic heterocycles. The number of hydrogen-bond donors (Lipinski definition) is 2. The van der Waals surface area contributed by atoms with Gasteiger partial charge in [0.05, 0.1) is 17.2 Å². The predicted octanol–water partition coefficient (Wildman–Crippen LogP) is 3.74. The fourth-order valence-electron chi connectivity index (χ4n) is 4.88. The Bertz CT molecular complexity index is 1390. The summed E-state index contributed by atoms with van der Waals surface area (Å²) in [6.45, 7) is 3.89. The maximum Gasteiger partial charge on any atom is 0.313 e. The smallest absolute Gasteiger partial charge is 0.313 e. The lowest BCUT2D eigenvalue weighted by molar-refractivity contribution is -0.136. The third-order valence-corrected chi connectivity index (χ3v) is 6.68. The van der Waals surface area contributed by atoms with Gasteiger partial charge >= 0.3 is 11.8 Å². The summed E-state index contributed by atoms with van der Waals surface area (Å²) in [5.74, 6) is -1.34. The summed E-state index contributed by atoms with van der Waals surface area (Å²) in [6, 6.07) is 21.9. The molecule has 35 heavy (non-hydrogen) atoms. The molecular formula is C28H29N5O2. The summed E-state index contributed by atoms with van der Waals surface area (Å²) in [6.07, 6.45) is 2.96. The molecule has 0 radical (unpaired) electrons. The first-order chi connectivity index (χ1) is 17.0. The molecule has 7 nitrogen and oxygen atoms in total. The number of pyridine rings is 1. The third kappa shape index (κ3) is 4.81. The topological polar surface area (TPSA) is 79.3 Å². The van der Waals surface area contributed by atoms with E-state index in [9.17, 15) is 9.59 Å². The number of rotatable bonds is 5. The minimum atomic E-state index is -0.685. The van der Waals surface area contributed by atoms with Crippen LogP contribution < -0.4 is 10.6 Å². The van der Waals surface area contributed by atoms with Gasteiger partial charge in [-0.15, -0.1) is 0 Å². The van der Waals surface area contributed by atoms with Gasteiger partial charge in [0.15, 0.2) is 0 Å². The van der Waals surface area contributed by atoms with Crippen molar-refractivity contribution in [1.82, 2.24) is 19.8 Å². The summed E-state index contributed by atoms with van der Waals surface area (Å²) < 4.78 is 2.07. The summed E-state index contributed by atoms with van der Waals surface area (Å²) in [4.78, 5) is 32.5. The Morgan fingerprint density at radius 3 is 2.57 bits per heavy atom. The Morgan fingerprint density at radius 1 is 1.00 bits per heavy atom. The molecular weight excluding hydrogens is 438 g/mol. The fraction of sp³-hybridized carbons (Fsp3) is 0.250. The van der Waals surface area contributed by atoms with Crippen LogP contribution in [0.1, 0.15) is 28.6 Å². The number of carbonyl (C=O) groups excluding carboxylic acids is 2. The molecule has 0 saturated heterocycles. The molecule has 2 N–H and O–H groups in total. The highest BCUT2D eigenvalue weighted by molar-refractivity contribution is 6.40. The monoisotopic (exact) mass is 467 g/mol. The van der Waals surface area contributed by atoms with E-state index in [1.807, 2.05) is 50.5 Å². The molecule has 0 fully saturated rings. The van der Waals surface area contributed by atoms with Gasteiger partial charge in [0.2, 0.25) is 0 Å². The van der Waals surface area contributed by atoms with Crippen molar-refractivity contribution in [2.24, 2.45) is 7.05 Å². The van der Waals surface area contributed by atoms with E-state index >= 15 is 0 Å². The second kappa shape index (κ2) is 9.72. The normalized spacial score (nSPS) is 14.3. The largest absolute Gasteiger partial charge is 0.353 e. The Morgan fingerprint density at radius 2 is 1.77 bits per heavy atom. The molecule has 2 aromatic heterocycles. The first kappa shape index (κ1) is 22.8. The van der Waals surface area contributed by atoms with Gasteiger partial charge in [0.25, 0.3) is 0 Å². The number of aryl methyl sites for hydroxylation is 2. The molecule has 7 heteroatoms. The summed E-state index contributed by atoms with van der Waals surface area (Å²) in [5, 5.41) is 6.46. The van der Waals surface area contributed by atoms with Crippen LogP contribution in [0.5, 0.6) is 0 Å². The van der Waals surface area contributed by atoms with Crippen molar-refractivity contribution in [2.75, 3.05) is 18.4 Å². The highest BCUT2D eigenvalue weighted by atomic mass is 16.2. The van der Waals surface area contributed by atoms with E-state index in [2.05, 4.69) is 55.4 Å². The van der Waals surface area contributed by atoms with E-state index < -0.39 is 11.8 Å². The number of aromatic nitrogens is 2. The number of benzene rings is 2. The van der Waals surface area contributed by atoms with Gasteiger partial charge in [-0.3, -0.25) is 19.5 Å².